The van der Waals surface area contributed by atoms with E-state index < -0.39 is 11.8 Å². The van der Waals surface area contributed by atoms with Crippen LogP contribution >= 0.6 is 34.5 Å². The largest absolute Gasteiger partial charge is 0.316 e. The van der Waals surface area contributed by atoms with Crippen LogP contribution in [0.1, 0.15) is 0 Å². The van der Waals surface area contributed by atoms with Crippen molar-refractivity contribution in [3.8, 4) is 5.13 Å². The second-order valence-corrected chi connectivity index (χ2v) is 6.16. The van der Waals surface area contributed by atoms with Gasteiger partial charge in [0.15, 0.2) is 0 Å². The summed E-state index contributed by atoms with van der Waals surface area (Å²) in [5.74, 6) is -1.73. The molecule has 0 fully saturated rings. The zero-order valence-electron chi connectivity index (χ0n) is 11.9. The van der Waals surface area contributed by atoms with Crippen molar-refractivity contribution in [3.63, 3.8) is 0 Å². The van der Waals surface area contributed by atoms with Crippen LogP contribution in [-0.2, 0) is 9.59 Å². The molecule has 0 spiro atoms. The number of amides is 2. The molecule has 2 heterocycles. The molecule has 0 atom stereocenters. The van der Waals surface area contributed by atoms with Crippen LogP contribution in [0.4, 0.5) is 11.4 Å². The molecule has 0 saturated heterocycles. The third-order valence-electron chi connectivity index (χ3n) is 2.86. The number of carbonyl (C=O) groups excluding carboxylic acids is 2. The highest BCUT2D eigenvalue weighted by atomic mass is 35.5. The molecular formula is C14H9Cl2N5O2S. The number of halogens is 2. The third kappa shape index (κ3) is 3.56. The molecule has 7 nitrogen and oxygen atoms in total. The number of anilines is 2. The molecule has 122 valence electrons. The van der Waals surface area contributed by atoms with Crippen LogP contribution in [0.5, 0.6) is 0 Å². The molecule has 0 saturated carbocycles. The molecule has 1 aromatic carbocycles. The number of hydrogen-bond acceptors (Lipinski definition) is 5. The van der Waals surface area contributed by atoms with Crippen molar-refractivity contribution in [2.24, 2.45) is 0 Å². The fourth-order valence-electron chi connectivity index (χ4n) is 1.79. The quantitative estimate of drug-likeness (QED) is 0.681. The van der Waals surface area contributed by atoms with E-state index in [0.717, 1.165) is 0 Å². The SMILES string of the molecule is O=C(Nc1cnn(-c2nccs2)c1)C(=O)Nc1cccc(Cl)c1Cl. The molecule has 2 amide bonds. The highest BCUT2D eigenvalue weighted by Crippen LogP contribution is 2.29. The first-order chi connectivity index (χ1) is 11.5. The van der Waals surface area contributed by atoms with Crippen molar-refractivity contribution in [2.45, 2.75) is 0 Å². The van der Waals surface area contributed by atoms with Crippen molar-refractivity contribution < 1.29 is 9.59 Å². The summed E-state index contributed by atoms with van der Waals surface area (Å²) in [5, 5.41) is 11.8. The van der Waals surface area contributed by atoms with Crippen molar-refractivity contribution in [1.29, 1.82) is 0 Å². The zero-order chi connectivity index (χ0) is 17.1. The molecule has 2 aromatic heterocycles. The number of thiazole rings is 1. The van der Waals surface area contributed by atoms with E-state index in [1.807, 2.05) is 0 Å². The second kappa shape index (κ2) is 7.00. The van der Waals surface area contributed by atoms with Crippen LogP contribution in [0.15, 0.2) is 42.2 Å². The lowest BCUT2D eigenvalue weighted by molar-refractivity contribution is -0.132. The third-order valence-corrected chi connectivity index (χ3v) is 4.44. The van der Waals surface area contributed by atoms with Crippen LogP contribution in [0, 0.1) is 0 Å². The molecule has 0 aliphatic rings. The Hall–Kier alpha value is -2.42. The first-order valence-corrected chi connectivity index (χ1v) is 8.19. The molecule has 2 N–H and O–H groups in total. The van der Waals surface area contributed by atoms with Gasteiger partial charge in [0.25, 0.3) is 0 Å². The van der Waals surface area contributed by atoms with Crippen molar-refractivity contribution in [1.82, 2.24) is 14.8 Å². The summed E-state index contributed by atoms with van der Waals surface area (Å²) < 4.78 is 1.49. The fourth-order valence-corrected chi connectivity index (χ4v) is 2.71. The number of benzene rings is 1. The van der Waals surface area contributed by atoms with E-state index in [1.54, 1.807) is 36.0 Å². The normalized spacial score (nSPS) is 10.4. The maximum Gasteiger partial charge on any atom is 0.314 e. The Morgan fingerprint density at radius 2 is 1.96 bits per heavy atom. The number of aromatic nitrogens is 3. The molecule has 24 heavy (non-hydrogen) atoms. The first-order valence-electron chi connectivity index (χ1n) is 6.55. The van der Waals surface area contributed by atoms with Crippen LogP contribution in [0.2, 0.25) is 10.0 Å². The van der Waals surface area contributed by atoms with Crippen LogP contribution in [-0.4, -0.2) is 26.6 Å². The van der Waals surface area contributed by atoms with Gasteiger partial charge in [-0.3, -0.25) is 9.59 Å². The van der Waals surface area contributed by atoms with Gasteiger partial charge in [0.1, 0.15) is 0 Å². The number of hydrogen-bond donors (Lipinski definition) is 2. The van der Waals surface area contributed by atoms with Crippen LogP contribution in [0.25, 0.3) is 5.13 Å². The standard InChI is InChI=1S/C14H9Cl2N5O2S/c15-9-2-1-3-10(11(9)16)20-13(23)12(22)19-8-6-18-21(7-8)14-17-4-5-24-14/h1-7H,(H,19,22)(H,20,23). The number of nitrogens with zero attached hydrogens (tertiary/aromatic N) is 3. The summed E-state index contributed by atoms with van der Waals surface area (Å²) in [6, 6.07) is 4.73. The Balaban J connectivity index is 1.66. The average molecular weight is 382 g/mol. The Bertz CT molecular complexity index is 894. The molecule has 0 aliphatic carbocycles. The molecule has 0 unspecified atom stereocenters. The van der Waals surface area contributed by atoms with E-state index in [2.05, 4.69) is 20.7 Å². The van der Waals surface area contributed by atoms with Gasteiger partial charge in [0, 0.05) is 11.6 Å². The minimum Gasteiger partial charge on any atom is -0.316 e. The monoisotopic (exact) mass is 381 g/mol. The van der Waals surface area contributed by atoms with E-state index >= 15 is 0 Å². The maximum absolute atomic E-state index is 12.0. The summed E-state index contributed by atoms with van der Waals surface area (Å²) in [5.41, 5.74) is 0.616. The number of carbonyl (C=O) groups is 2. The average Bonchev–Trinajstić information content (AvgIpc) is 3.22. The smallest absolute Gasteiger partial charge is 0.314 e. The van der Waals surface area contributed by atoms with E-state index in [0.29, 0.717) is 10.8 Å². The number of rotatable bonds is 3. The minimum atomic E-state index is -0.874. The summed E-state index contributed by atoms with van der Waals surface area (Å²) in [6.45, 7) is 0. The zero-order valence-corrected chi connectivity index (χ0v) is 14.2. The molecule has 0 radical (unpaired) electrons. The van der Waals surface area contributed by atoms with Crippen molar-refractivity contribution >= 4 is 57.7 Å². The van der Waals surface area contributed by atoms with Gasteiger partial charge in [-0.25, -0.2) is 9.67 Å². The molecular weight excluding hydrogens is 373 g/mol. The highest BCUT2D eigenvalue weighted by Gasteiger charge is 2.17. The molecule has 10 heteroatoms. The highest BCUT2D eigenvalue weighted by molar-refractivity contribution is 7.12. The summed E-state index contributed by atoms with van der Waals surface area (Å²) in [6.07, 6.45) is 4.61. The summed E-state index contributed by atoms with van der Waals surface area (Å²) >= 11 is 13.2. The first kappa shape index (κ1) is 16.4. The summed E-state index contributed by atoms with van der Waals surface area (Å²) in [7, 11) is 0. The van der Waals surface area contributed by atoms with E-state index in [4.69, 9.17) is 23.2 Å². The van der Waals surface area contributed by atoms with E-state index in [-0.39, 0.29) is 15.7 Å². The number of nitrogens with one attached hydrogen (secondary N) is 2. The van der Waals surface area contributed by atoms with Crippen LogP contribution in [0.3, 0.4) is 0 Å². The summed E-state index contributed by atoms with van der Waals surface area (Å²) in [4.78, 5) is 28.0. The van der Waals surface area contributed by atoms with Gasteiger partial charge in [0.2, 0.25) is 5.13 Å². The van der Waals surface area contributed by atoms with E-state index in [9.17, 15) is 9.59 Å². The van der Waals surface area contributed by atoms with Gasteiger partial charge in [0.05, 0.1) is 33.8 Å². The van der Waals surface area contributed by atoms with Gasteiger partial charge in [-0.05, 0) is 12.1 Å². The van der Waals surface area contributed by atoms with Gasteiger partial charge in [-0.1, -0.05) is 29.3 Å². The Labute approximate surface area is 150 Å². The van der Waals surface area contributed by atoms with Crippen molar-refractivity contribution in [2.75, 3.05) is 10.6 Å². The molecule has 0 bridgehead atoms. The van der Waals surface area contributed by atoms with Gasteiger partial charge >= 0.3 is 11.8 Å². The Morgan fingerprint density at radius 3 is 2.71 bits per heavy atom. The predicted molar refractivity (Wildman–Crippen MR) is 93.0 cm³/mol. The predicted octanol–water partition coefficient (Wildman–Crippen LogP) is 3.21. The fraction of sp³-hybridized carbons (Fsp3) is 0. The van der Waals surface area contributed by atoms with Gasteiger partial charge in [-0.2, -0.15) is 5.10 Å². The molecule has 3 aromatic rings. The molecule has 3 rings (SSSR count). The Morgan fingerprint density at radius 1 is 1.17 bits per heavy atom. The lowest BCUT2D eigenvalue weighted by Crippen LogP contribution is -2.29. The van der Waals surface area contributed by atoms with Gasteiger partial charge < -0.3 is 10.6 Å². The Kier molecular flexibility index (Phi) is 4.79. The van der Waals surface area contributed by atoms with E-state index in [1.165, 1.54) is 22.2 Å². The van der Waals surface area contributed by atoms with Crippen LogP contribution < -0.4 is 10.6 Å². The van der Waals surface area contributed by atoms with Crippen molar-refractivity contribution in [3.05, 3.63) is 52.2 Å². The van der Waals surface area contributed by atoms with Gasteiger partial charge in [-0.15, -0.1) is 11.3 Å². The topological polar surface area (TPSA) is 88.9 Å². The minimum absolute atomic E-state index is 0.164. The second-order valence-electron chi connectivity index (χ2n) is 4.50. The lowest BCUT2D eigenvalue weighted by Gasteiger charge is -2.07. The lowest BCUT2D eigenvalue weighted by atomic mass is 10.3. The molecule has 0 aliphatic heterocycles. The maximum atomic E-state index is 12.0.